The van der Waals surface area contributed by atoms with Gasteiger partial charge in [-0.2, -0.15) is 9.13 Å². The molecule has 2 aromatic rings. The lowest BCUT2D eigenvalue weighted by molar-refractivity contribution is -0.680. The minimum atomic E-state index is -5.17. The number of hydrogen-bond donors (Lipinski definition) is 0. The largest absolute Gasteiger partial charge is 0.759 e. The molecule has 0 aromatic carbocycles. The van der Waals surface area contributed by atoms with E-state index in [-0.39, 0.29) is 0 Å². The summed E-state index contributed by atoms with van der Waals surface area (Å²) in [6.45, 7) is 10.7. The maximum Gasteiger partial charge on any atom is 0.244 e. The van der Waals surface area contributed by atoms with E-state index in [9.17, 15) is 9.13 Å². The Balaban J connectivity index is 0.000000299. The number of aromatic nitrogens is 2. The van der Waals surface area contributed by atoms with Crippen LogP contribution in [0, 0.1) is 0 Å². The second-order valence-electron chi connectivity index (χ2n) is 13.8. The van der Waals surface area contributed by atoms with Crippen molar-refractivity contribution in [2.24, 2.45) is 0 Å². The van der Waals surface area contributed by atoms with Gasteiger partial charge in [0, 0.05) is 70.4 Å². The maximum absolute atomic E-state index is 12.7. The molecule has 2 unspecified atom stereocenters. The highest BCUT2D eigenvalue weighted by molar-refractivity contribution is 7.80. The molecule has 0 radical (unpaired) electrons. The van der Waals surface area contributed by atoms with Crippen molar-refractivity contribution in [3.63, 3.8) is 0 Å². The average Bonchev–Trinajstić information content (AvgIpc) is 3.08. The molecule has 6 rings (SSSR count). The average molecular weight is 741 g/mol. The van der Waals surface area contributed by atoms with Crippen LogP contribution in [0.5, 0.6) is 0 Å². The van der Waals surface area contributed by atoms with Crippen LogP contribution in [0.4, 0.5) is 0 Å². The number of aryl methyl sites for hydroxylation is 2. The molecule has 4 aliphatic heterocycles. The van der Waals surface area contributed by atoms with Gasteiger partial charge in [-0.15, -0.1) is 0 Å². The van der Waals surface area contributed by atoms with Crippen molar-refractivity contribution in [3.8, 4) is 0 Å². The lowest BCUT2D eigenvalue weighted by atomic mass is 10.1. The Hall–Kier alpha value is -1.37. The third-order valence-electron chi connectivity index (χ3n) is 9.96. The molecular formula is C38H66N2O6P2S. The third kappa shape index (κ3) is 15.0. The van der Waals surface area contributed by atoms with Gasteiger partial charge in [0.25, 0.3) is 0 Å². The van der Waals surface area contributed by atoms with Crippen LogP contribution < -0.4 is 30.6 Å². The molecule has 4 aliphatic rings. The van der Waals surface area contributed by atoms with Crippen LogP contribution in [0.1, 0.15) is 156 Å². The second kappa shape index (κ2) is 23.2. The topological polar surface area (TPSA) is 122 Å². The van der Waals surface area contributed by atoms with Crippen LogP contribution in [0.15, 0.2) is 36.7 Å². The Morgan fingerprint density at radius 1 is 0.510 bits per heavy atom. The van der Waals surface area contributed by atoms with E-state index in [0.717, 1.165) is 46.9 Å². The van der Waals surface area contributed by atoms with Crippen molar-refractivity contribution in [2.75, 3.05) is 12.3 Å². The van der Waals surface area contributed by atoms with Crippen molar-refractivity contribution >= 4 is 46.2 Å². The highest BCUT2D eigenvalue weighted by Gasteiger charge is 2.44. The fourth-order valence-electron chi connectivity index (χ4n) is 6.82. The van der Waals surface area contributed by atoms with Crippen LogP contribution in [0.25, 0.3) is 0 Å². The Kier molecular flexibility index (Phi) is 20.8. The molecule has 0 N–H and O–H groups in total. The summed E-state index contributed by atoms with van der Waals surface area (Å²) in [6, 6.07) is 8.38. The first-order valence-electron chi connectivity index (χ1n) is 19.4. The van der Waals surface area contributed by atoms with Gasteiger partial charge in [0.15, 0.2) is 12.4 Å². The highest BCUT2D eigenvalue weighted by atomic mass is 32.3. The first kappa shape index (κ1) is 43.8. The molecule has 0 saturated heterocycles. The van der Waals surface area contributed by atoms with E-state index in [1.54, 1.807) is 0 Å². The van der Waals surface area contributed by atoms with E-state index >= 15 is 0 Å². The monoisotopic (exact) mass is 740 g/mol. The molecule has 0 saturated carbocycles. The van der Waals surface area contributed by atoms with Crippen molar-refractivity contribution in [3.05, 3.63) is 36.7 Å². The van der Waals surface area contributed by atoms with Gasteiger partial charge in [0.1, 0.15) is 13.1 Å². The van der Waals surface area contributed by atoms with Gasteiger partial charge in [-0.25, -0.2) is 0 Å². The summed E-state index contributed by atoms with van der Waals surface area (Å²) in [6.07, 6.45) is 33.2. The van der Waals surface area contributed by atoms with E-state index in [1.165, 1.54) is 128 Å². The van der Waals surface area contributed by atoms with Gasteiger partial charge in [0.2, 0.25) is 25.2 Å². The Labute approximate surface area is 299 Å². The van der Waals surface area contributed by atoms with Crippen LogP contribution in [-0.4, -0.2) is 29.8 Å². The zero-order chi connectivity index (χ0) is 36.2. The zero-order valence-electron chi connectivity index (χ0n) is 31.1. The fraction of sp³-hybridized carbons (Fsp3) is 0.737. The van der Waals surface area contributed by atoms with Crippen LogP contribution in [0.3, 0.4) is 0 Å². The molecule has 2 atom stereocenters. The number of pyridine rings is 2. The molecule has 6 heterocycles. The standard InChI is InChI=1S/2C19H33NOP.H2O4S/c2*1-3-5-6-7-8-9-10-11-12-13-15-20-16-14-18-17-19(20)22(18,21)4-2;1-5(2,3)4/h2*14,16-17H,3-13,15H2,1-2H3;(H2,1,2,3,4)/q2*+1;/p-2. The summed E-state index contributed by atoms with van der Waals surface area (Å²) in [4.78, 5) is 0. The molecule has 280 valence electrons. The zero-order valence-corrected chi connectivity index (χ0v) is 33.7. The molecular weight excluding hydrogens is 674 g/mol. The normalized spacial score (nSPS) is 18.4. The minimum absolute atomic E-state index is 0.785. The Morgan fingerprint density at radius 3 is 1.02 bits per heavy atom. The van der Waals surface area contributed by atoms with Gasteiger partial charge < -0.3 is 18.2 Å². The summed E-state index contributed by atoms with van der Waals surface area (Å²) in [5, 5.41) is 2.17. The molecule has 0 fully saturated rings. The third-order valence-corrected chi connectivity index (χ3v) is 16.2. The van der Waals surface area contributed by atoms with E-state index in [4.69, 9.17) is 17.5 Å². The van der Waals surface area contributed by atoms with E-state index < -0.39 is 24.7 Å². The summed E-state index contributed by atoms with van der Waals surface area (Å²) >= 11 is 0. The smallest absolute Gasteiger partial charge is 0.244 e. The maximum atomic E-state index is 12.7. The number of hydrogen-bond acceptors (Lipinski definition) is 6. The highest BCUT2D eigenvalue weighted by Crippen LogP contribution is 2.47. The van der Waals surface area contributed by atoms with Crippen molar-refractivity contribution < 1.29 is 35.8 Å². The quantitative estimate of drug-likeness (QED) is 0.0357. The van der Waals surface area contributed by atoms with Crippen molar-refractivity contribution in [2.45, 2.75) is 169 Å². The number of unbranched alkanes of at least 4 members (excludes halogenated alkanes) is 18. The fourth-order valence-corrected chi connectivity index (χ4v) is 11.5. The van der Waals surface area contributed by atoms with E-state index in [2.05, 4.69) is 59.6 Å². The minimum Gasteiger partial charge on any atom is -0.759 e. The number of fused-ring (bicyclic) bond motifs is 4. The predicted molar refractivity (Wildman–Crippen MR) is 202 cm³/mol. The SMILES string of the molecule is CCCCCCCCCCCC[n+]1ccc2cc1P2(=O)CC.CCCCCCCCCCCC[n+]1ccc2cc1P2(=O)CC.O=S(=O)([O-])[O-]. The predicted octanol–water partition coefficient (Wildman–Crippen LogP) is 7.75. The summed E-state index contributed by atoms with van der Waals surface area (Å²) in [7, 11) is -9.38. The molecule has 49 heavy (non-hydrogen) atoms. The van der Waals surface area contributed by atoms with E-state index in [0.29, 0.717) is 0 Å². The van der Waals surface area contributed by atoms with Gasteiger partial charge in [0.05, 0.1) is 0 Å². The van der Waals surface area contributed by atoms with Crippen LogP contribution in [-0.2, 0) is 32.6 Å². The van der Waals surface area contributed by atoms with Crippen molar-refractivity contribution in [1.82, 2.24) is 0 Å². The lowest BCUT2D eigenvalue weighted by Crippen LogP contribution is -2.56. The van der Waals surface area contributed by atoms with Gasteiger partial charge in [-0.3, -0.25) is 8.42 Å². The molecule has 0 spiro atoms. The van der Waals surface area contributed by atoms with Gasteiger partial charge in [-0.1, -0.05) is 130 Å². The first-order chi connectivity index (χ1) is 23.4. The number of rotatable bonds is 24. The number of nitrogens with zero attached hydrogens (tertiary/aromatic N) is 2. The Bertz CT molecular complexity index is 1340. The molecule has 4 bridgehead atoms. The summed E-state index contributed by atoms with van der Waals surface area (Å²) in [5.41, 5.74) is 2.23. The molecule has 0 aliphatic carbocycles. The first-order valence-corrected chi connectivity index (χ1v) is 24.5. The van der Waals surface area contributed by atoms with Gasteiger partial charge >= 0.3 is 0 Å². The molecule has 8 nitrogen and oxygen atoms in total. The summed E-state index contributed by atoms with van der Waals surface area (Å²) < 4.78 is 63.9. The molecule has 0 amide bonds. The molecule has 2 aromatic heterocycles. The lowest BCUT2D eigenvalue weighted by Gasteiger charge is -2.23. The Morgan fingerprint density at radius 2 is 0.776 bits per heavy atom. The molecule has 11 heteroatoms. The van der Waals surface area contributed by atoms with Crippen LogP contribution >= 0.6 is 14.3 Å². The van der Waals surface area contributed by atoms with E-state index in [1.807, 2.05) is 13.8 Å². The van der Waals surface area contributed by atoms with Crippen LogP contribution in [0.2, 0.25) is 0 Å². The summed E-state index contributed by atoms with van der Waals surface area (Å²) in [5.74, 6) is 0. The van der Waals surface area contributed by atoms with Gasteiger partial charge in [-0.05, 0) is 12.8 Å². The van der Waals surface area contributed by atoms with Crippen molar-refractivity contribution in [1.29, 1.82) is 0 Å². The second-order valence-corrected chi connectivity index (χ2v) is 20.7.